The molecule has 8 heteroatoms. The number of rotatable bonds is 6. The van der Waals surface area contributed by atoms with E-state index in [0.717, 1.165) is 43.1 Å². The van der Waals surface area contributed by atoms with Crippen molar-refractivity contribution in [3.05, 3.63) is 82.6 Å². The number of hydrogen-bond acceptors (Lipinski definition) is 6. The minimum Gasteiger partial charge on any atom is -0.324 e. The van der Waals surface area contributed by atoms with Crippen molar-refractivity contribution in [2.75, 3.05) is 18.4 Å². The molecule has 0 saturated carbocycles. The van der Waals surface area contributed by atoms with Gasteiger partial charge in [0.2, 0.25) is 5.95 Å². The van der Waals surface area contributed by atoms with Crippen molar-refractivity contribution in [3.8, 4) is 5.69 Å². The van der Waals surface area contributed by atoms with Gasteiger partial charge in [-0.15, -0.1) is 6.58 Å². The van der Waals surface area contributed by atoms with E-state index < -0.39 is 0 Å². The van der Waals surface area contributed by atoms with Crippen LogP contribution in [0.4, 0.5) is 11.6 Å². The second-order valence-corrected chi connectivity index (χ2v) is 11.0. The van der Waals surface area contributed by atoms with Crippen LogP contribution in [0.2, 0.25) is 0 Å². The molecular formula is C29H35N7O. The van der Waals surface area contributed by atoms with Gasteiger partial charge in [0.1, 0.15) is 5.39 Å². The molecule has 37 heavy (non-hydrogen) atoms. The van der Waals surface area contributed by atoms with Gasteiger partial charge in [-0.05, 0) is 55.7 Å². The summed E-state index contributed by atoms with van der Waals surface area (Å²) in [5.74, 6) is 0.455. The summed E-state index contributed by atoms with van der Waals surface area (Å²) >= 11 is 0. The lowest BCUT2D eigenvalue weighted by Gasteiger charge is -2.28. The average Bonchev–Trinajstić information content (AvgIpc) is 3.16. The Labute approximate surface area is 217 Å². The van der Waals surface area contributed by atoms with Crippen LogP contribution in [0.5, 0.6) is 0 Å². The van der Waals surface area contributed by atoms with E-state index in [0.29, 0.717) is 17.0 Å². The molecule has 1 aliphatic heterocycles. The Hall–Kier alpha value is -3.78. The standard InChI is InChI=1S/C29H35N7O/c1-7-13-34-14-11-20-15-22(9-8-21(20)18-34)32-28-31-17-24-26(33-28)36(35(19(2)3)27(24)37)23-10-12-30-25(16-23)29(4,5)6/h7-10,12,15-17,19H,1,11,13-14,18H2,2-6H3,(H,31,32,33). The van der Waals surface area contributed by atoms with Crippen LogP contribution in [0.15, 0.2) is 60.2 Å². The molecule has 0 bridgehead atoms. The van der Waals surface area contributed by atoms with Crippen LogP contribution >= 0.6 is 0 Å². The third kappa shape index (κ3) is 4.81. The molecule has 0 fully saturated rings. The highest BCUT2D eigenvalue weighted by Gasteiger charge is 2.22. The summed E-state index contributed by atoms with van der Waals surface area (Å²) in [6.07, 6.45) is 6.37. The molecule has 4 aromatic rings. The Balaban J connectivity index is 1.55. The highest BCUT2D eigenvalue weighted by atomic mass is 16.1. The minimum absolute atomic E-state index is 0.0642. The molecular weight excluding hydrogens is 462 g/mol. The van der Waals surface area contributed by atoms with Crippen molar-refractivity contribution >= 4 is 22.7 Å². The van der Waals surface area contributed by atoms with Gasteiger partial charge in [0.15, 0.2) is 5.65 Å². The highest BCUT2D eigenvalue weighted by Crippen LogP contribution is 2.27. The van der Waals surface area contributed by atoms with Crippen LogP contribution in [0, 0.1) is 0 Å². The first-order valence-corrected chi connectivity index (χ1v) is 12.8. The lowest BCUT2D eigenvalue weighted by Crippen LogP contribution is -2.30. The number of pyridine rings is 1. The summed E-state index contributed by atoms with van der Waals surface area (Å²) < 4.78 is 3.63. The second-order valence-electron chi connectivity index (χ2n) is 11.0. The van der Waals surface area contributed by atoms with Gasteiger partial charge in [-0.25, -0.2) is 14.3 Å². The molecule has 1 aromatic carbocycles. The summed E-state index contributed by atoms with van der Waals surface area (Å²) in [6, 6.07) is 10.3. The van der Waals surface area contributed by atoms with E-state index in [9.17, 15) is 4.79 Å². The van der Waals surface area contributed by atoms with Gasteiger partial charge in [-0.3, -0.25) is 14.7 Å². The molecule has 0 atom stereocenters. The fourth-order valence-electron chi connectivity index (χ4n) is 4.89. The van der Waals surface area contributed by atoms with Crippen molar-refractivity contribution in [3.63, 3.8) is 0 Å². The normalized spacial score (nSPS) is 14.2. The van der Waals surface area contributed by atoms with Crippen molar-refractivity contribution in [1.82, 2.24) is 29.2 Å². The Morgan fingerprint density at radius 1 is 1.14 bits per heavy atom. The number of nitrogens with one attached hydrogen (secondary N) is 1. The predicted molar refractivity (Wildman–Crippen MR) is 149 cm³/mol. The number of hydrogen-bond donors (Lipinski definition) is 1. The molecule has 8 nitrogen and oxygen atoms in total. The summed E-state index contributed by atoms with van der Waals surface area (Å²) in [4.78, 5) is 29.6. The lowest BCUT2D eigenvalue weighted by atomic mass is 9.91. The van der Waals surface area contributed by atoms with Crippen molar-refractivity contribution in [1.29, 1.82) is 0 Å². The van der Waals surface area contributed by atoms with Crippen LogP contribution in [-0.4, -0.2) is 42.3 Å². The van der Waals surface area contributed by atoms with E-state index in [1.807, 2.05) is 36.7 Å². The van der Waals surface area contributed by atoms with E-state index in [1.54, 1.807) is 17.1 Å². The Morgan fingerprint density at radius 3 is 2.68 bits per heavy atom. The zero-order valence-corrected chi connectivity index (χ0v) is 22.3. The van der Waals surface area contributed by atoms with Gasteiger partial charge < -0.3 is 5.32 Å². The van der Waals surface area contributed by atoms with Crippen molar-refractivity contribution in [2.45, 2.75) is 59.0 Å². The largest absolute Gasteiger partial charge is 0.324 e. The van der Waals surface area contributed by atoms with E-state index in [1.165, 1.54) is 11.1 Å². The van der Waals surface area contributed by atoms with Crippen molar-refractivity contribution < 1.29 is 0 Å². The van der Waals surface area contributed by atoms with E-state index >= 15 is 0 Å². The Morgan fingerprint density at radius 2 is 1.95 bits per heavy atom. The minimum atomic E-state index is -0.126. The third-order valence-electron chi connectivity index (χ3n) is 6.81. The van der Waals surface area contributed by atoms with E-state index in [2.05, 4.69) is 65.7 Å². The summed E-state index contributed by atoms with van der Waals surface area (Å²) in [5.41, 5.74) is 5.74. The highest BCUT2D eigenvalue weighted by molar-refractivity contribution is 5.77. The fraction of sp³-hybridized carbons (Fsp3) is 0.379. The fourth-order valence-corrected chi connectivity index (χ4v) is 4.89. The molecule has 5 rings (SSSR count). The molecule has 0 spiro atoms. The molecule has 1 N–H and O–H groups in total. The quantitative estimate of drug-likeness (QED) is 0.372. The molecule has 3 aromatic heterocycles. The first kappa shape index (κ1) is 24.9. The maximum atomic E-state index is 13.4. The molecule has 0 radical (unpaired) electrons. The molecule has 4 heterocycles. The molecule has 0 amide bonds. The van der Waals surface area contributed by atoms with E-state index in [-0.39, 0.29) is 17.0 Å². The monoisotopic (exact) mass is 497 g/mol. The summed E-state index contributed by atoms with van der Waals surface area (Å²) in [7, 11) is 0. The number of aromatic nitrogens is 5. The number of anilines is 2. The molecule has 1 aliphatic rings. The number of fused-ring (bicyclic) bond motifs is 2. The van der Waals surface area contributed by atoms with Gasteiger partial charge in [0.25, 0.3) is 5.56 Å². The first-order valence-electron chi connectivity index (χ1n) is 12.8. The number of benzene rings is 1. The maximum Gasteiger partial charge on any atom is 0.278 e. The third-order valence-corrected chi connectivity index (χ3v) is 6.81. The second kappa shape index (κ2) is 9.59. The predicted octanol–water partition coefficient (Wildman–Crippen LogP) is 5.14. The molecule has 192 valence electrons. The van der Waals surface area contributed by atoms with Crippen LogP contribution in [0.1, 0.15) is 57.5 Å². The Bertz CT molecular complexity index is 1520. The van der Waals surface area contributed by atoms with Gasteiger partial charge in [-0.1, -0.05) is 32.9 Å². The maximum absolute atomic E-state index is 13.4. The zero-order chi connectivity index (χ0) is 26.3. The van der Waals surface area contributed by atoms with E-state index in [4.69, 9.17) is 4.98 Å². The van der Waals surface area contributed by atoms with Gasteiger partial charge in [-0.2, -0.15) is 4.98 Å². The molecule has 0 unspecified atom stereocenters. The van der Waals surface area contributed by atoms with Crippen LogP contribution in [0.25, 0.3) is 16.7 Å². The van der Waals surface area contributed by atoms with Gasteiger partial charge >= 0.3 is 0 Å². The van der Waals surface area contributed by atoms with Crippen molar-refractivity contribution in [2.24, 2.45) is 0 Å². The Kier molecular flexibility index (Phi) is 6.45. The van der Waals surface area contributed by atoms with Crippen LogP contribution < -0.4 is 10.9 Å². The topological polar surface area (TPSA) is 80.9 Å². The van der Waals surface area contributed by atoms with Crippen LogP contribution in [0.3, 0.4) is 0 Å². The van der Waals surface area contributed by atoms with Gasteiger partial charge in [0, 0.05) is 54.9 Å². The molecule has 0 saturated heterocycles. The zero-order valence-electron chi connectivity index (χ0n) is 22.3. The summed E-state index contributed by atoms with van der Waals surface area (Å²) in [5, 5.41) is 3.85. The van der Waals surface area contributed by atoms with Crippen LogP contribution in [-0.2, 0) is 18.4 Å². The first-order chi connectivity index (χ1) is 17.7. The molecule has 0 aliphatic carbocycles. The van der Waals surface area contributed by atoms with Gasteiger partial charge in [0.05, 0.1) is 5.69 Å². The number of nitrogens with zero attached hydrogens (tertiary/aromatic N) is 6. The summed E-state index contributed by atoms with van der Waals surface area (Å²) in [6.45, 7) is 17.1. The average molecular weight is 498 g/mol. The smallest absolute Gasteiger partial charge is 0.278 e. The SMILES string of the molecule is C=CCN1CCc2cc(Nc3ncc4c(=O)n(C(C)C)n(-c5ccnc(C(C)(C)C)c5)c4n3)ccc2C1. The lowest BCUT2D eigenvalue weighted by molar-refractivity contribution is 0.282.